The van der Waals surface area contributed by atoms with E-state index in [9.17, 15) is 0 Å². The molecule has 4 nitrogen and oxygen atoms in total. The Bertz CT molecular complexity index is 612. The number of aromatic nitrogens is 3. The second kappa shape index (κ2) is 2.45. The number of imidazole rings is 1. The monoisotopic (exact) mass is 187 g/mol. The molecule has 0 fully saturated rings. The molecule has 0 unspecified atom stereocenters. The highest BCUT2D eigenvalue weighted by molar-refractivity contribution is 5.77. The molecule has 2 N–H and O–H groups in total. The molecule has 0 aliphatic rings. The standard InChI is InChI=1S/C10H8N4/c11-8-5-4-7-10(13-8)14-6-2-1-3-9(14)12-7/h1-6H,(H2,11,13)/i4+1,5+1,8+1. The van der Waals surface area contributed by atoms with E-state index in [0.29, 0.717) is 5.82 Å². The molecule has 4 heteroatoms. The molecule has 0 saturated carbocycles. The first kappa shape index (κ1) is 7.32. The molecule has 0 atom stereocenters. The van der Waals surface area contributed by atoms with Gasteiger partial charge in [-0.1, -0.05) is 6.07 Å². The Morgan fingerprint density at radius 3 is 2.93 bits per heavy atom. The molecule has 3 heterocycles. The van der Waals surface area contributed by atoms with Crippen molar-refractivity contribution in [3.05, 3.63) is 36.5 Å². The molecular weight excluding hydrogens is 179 g/mol. The van der Waals surface area contributed by atoms with Gasteiger partial charge in [0.2, 0.25) is 0 Å². The van der Waals surface area contributed by atoms with Crippen LogP contribution in [0.4, 0.5) is 5.82 Å². The van der Waals surface area contributed by atoms with Crippen molar-refractivity contribution in [3.8, 4) is 0 Å². The summed E-state index contributed by atoms with van der Waals surface area (Å²) in [5.41, 5.74) is 8.18. The van der Waals surface area contributed by atoms with Gasteiger partial charge in [0.1, 0.15) is 17.0 Å². The summed E-state index contributed by atoms with van der Waals surface area (Å²) in [6.07, 6.45) is 1.93. The first-order chi connectivity index (χ1) is 6.84. The largest absolute Gasteiger partial charge is 0.384 e. The second-order valence-electron chi connectivity index (χ2n) is 3.12. The van der Waals surface area contributed by atoms with E-state index >= 15 is 0 Å². The second-order valence-corrected chi connectivity index (χ2v) is 3.12. The van der Waals surface area contributed by atoms with Crippen LogP contribution in [0.2, 0.25) is 0 Å². The third-order valence-electron chi connectivity index (χ3n) is 2.18. The highest BCUT2D eigenvalue weighted by Gasteiger charge is 2.03. The molecule has 0 aliphatic heterocycles. The lowest BCUT2D eigenvalue weighted by molar-refractivity contribution is 1.19. The van der Waals surface area contributed by atoms with E-state index in [2.05, 4.69) is 9.97 Å². The summed E-state index contributed by atoms with van der Waals surface area (Å²) in [6, 6.07) is 9.47. The summed E-state index contributed by atoms with van der Waals surface area (Å²) in [7, 11) is 0. The van der Waals surface area contributed by atoms with Crippen molar-refractivity contribution in [2.24, 2.45) is 0 Å². The van der Waals surface area contributed by atoms with Gasteiger partial charge in [0.15, 0.2) is 5.65 Å². The Morgan fingerprint density at radius 1 is 1.07 bits per heavy atom. The lowest BCUT2D eigenvalue weighted by atomic mass is 10.5. The summed E-state index contributed by atoms with van der Waals surface area (Å²) >= 11 is 0. The van der Waals surface area contributed by atoms with Gasteiger partial charge in [-0.05, 0) is 24.3 Å². The van der Waals surface area contributed by atoms with Crippen molar-refractivity contribution in [2.45, 2.75) is 0 Å². The van der Waals surface area contributed by atoms with E-state index in [1.165, 1.54) is 0 Å². The average molecular weight is 187 g/mol. The van der Waals surface area contributed by atoms with Crippen molar-refractivity contribution in [3.63, 3.8) is 0 Å². The van der Waals surface area contributed by atoms with Crippen LogP contribution in [0.1, 0.15) is 0 Å². The van der Waals surface area contributed by atoms with E-state index in [1.807, 2.05) is 34.9 Å². The molecule has 3 aromatic heterocycles. The van der Waals surface area contributed by atoms with Gasteiger partial charge in [0.05, 0.1) is 0 Å². The van der Waals surface area contributed by atoms with Crippen LogP contribution in [0.15, 0.2) is 36.5 Å². The van der Waals surface area contributed by atoms with Crippen molar-refractivity contribution in [1.29, 1.82) is 0 Å². The molecule has 3 aromatic rings. The minimum atomic E-state index is 0.517. The number of pyridine rings is 2. The van der Waals surface area contributed by atoms with Crippen LogP contribution in [0, 0.1) is 0 Å². The summed E-state index contributed by atoms with van der Waals surface area (Å²) in [6.45, 7) is 0. The van der Waals surface area contributed by atoms with Crippen LogP contribution in [0.3, 0.4) is 0 Å². The Labute approximate surface area is 80.0 Å². The molecule has 3 rings (SSSR count). The lowest BCUT2D eigenvalue weighted by Gasteiger charge is -1.93. The maximum absolute atomic E-state index is 5.62. The molecule has 14 heavy (non-hydrogen) atoms. The molecule has 0 amide bonds. The predicted octanol–water partition coefficient (Wildman–Crippen LogP) is 1.46. The van der Waals surface area contributed by atoms with E-state index in [4.69, 9.17) is 5.73 Å². The minimum absolute atomic E-state index is 0.517. The number of rotatable bonds is 0. The van der Waals surface area contributed by atoms with Crippen LogP contribution in [-0.4, -0.2) is 14.4 Å². The van der Waals surface area contributed by atoms with Crippen LogP contribution in [-0.2, 0) is 0 Å². The van der Waals surface area contributed by atoms with Crippen LogP contribution in [0.25, 0.3) is 16.8 Å². The Morgan fingerprint density at radius 2 is 2.00 bits per heavy atom. The van der Waals surface area contributed by atoms with Gasteiger partial charge >= 0.3 is 0 Å². The zero-order chi connectivity index (χ0) is 9.54. The van der Waals surface area contributed by atoms with Crippen LogP contribution < -0.4 is 5.73 Å². The van der Waals surface area contributed by atoms with E-state index in [1.54, 1.807) is 6.07 Å². The smallest absolute Gasteiger partial charge is 0.166 e. The number of nitrogen functional groups attached to an aromatic ring is 1. The Hall–Kier alpha value is -2.10. The highest BCUT2D eigenvalue weighted by atomic mass is 15.2. The molecule has 0 spiro atoms. The van der Waals surface area contributed by atoms with Crippen molar-refractivity contribution < 1.29 is 0 Å². The number of nitrogens with zero attached hydrogens (tertiary/aromatic N) is 3. The summed E-state index contributed by atoms with van der Waals surface area (Å²) in [5, 5.41) is 0. The molecular formula is C10H8N4. The zero-order valence-corrected chi connectivity index (χ0v) is 7.38. The first-order valence-electron chi connectivity index (χ1n) is 4.34. The number of fused-ring (bicyclic) bond motifs is 3. The Balaban J connectivity index is 2.58. The van der Waals surface area contributed by atoms with Gasteiger partial charge in [0, 0.05) is 6.20 Å². The quantitative estimate of drug-likeness (QED) is 0.579. The summed E-state index contributed by atoms with van der Waals surface area (Å²) in [4.78, 5) is 8.64. The number of nitrogens with two attached hydrogens (primary N) is 1. The van der Waals surface area contributed by atoms with Crippen molar-refractivity contribution in [1.82, 2.24) is 14.4 Å². The third-order valence-corrected chi connectivity index (χ3v) is 2.18. The third kappa shape index (κ3) is 0.877. The Kier molecular flexibility index (Phi) is 1.28. The first-order valence-corrected chi connectivity index (χ1v) is 4.34. The minimum Gasteiger partial charge on any atom is -0.384 e. The maximum atomic E-state index is 5.62. The fraction of sp³-hybridized carbons (Fsp3) is 0. The molecule has 0 aromatic carbocycles. The van der Waals surface area contributed by atoms with Gasteiger partial charge in [-0.25, -0.2) is 9.97 Å². The normalized spacial score (nSPS) is 11.1. The SMILES string of the molecule is N[13c]1[13cH][13cH]c2nc3ccccn3c2n1. The van der Waals surface area contributed by atoms with Gasteiger partial charge in [-0.15, -0.1) is 0 Å². The fourth-order valence-electron chi connectivity index (χ4n) is 1.55. The van der Waals surface area contributed by atoms with Gasteiger partial charge < -0.3 is 5.73 Å². The van der Waals surface area contributed by atoms with Gasteiger partial charge in [-0.3, -0.25) is 4.40 Å². The van der Waals surface area contributed by atoms with Crippen LogP contribution in [0.5, 0.6) is 0 Å². The lowest BCUT2D eigenvalue weighted by Crippen LogP contribution is -1.91. The summed E-state index contributed by atoms with van der Waals surface area (Å²) < 4.78 is 1.92. The maximum Gasteiger partial charge on any atom is 0.166 e. The molecule has 0 bridgehead atoms. The van der Waals surface area contributed by atoms with E-state index in [0.717, 1.165) is 16.8 Å². The number of hydrogen-bond donors (Lipinski definition) is 1. The molecule has 0 radical (unpaired) electrons. The zero-order valence-electron chi connectivity index (χ0n) is 7.38. The fourth-order valence-corrected chi connectivity index (χ4v) is 1.55. The van der Waals surface area contributed by atoms with Gasteiger partial charge in [-0.2, -0.15) is 0 Å². The number of anilines is 1. The highest BCUT2D eigenvalue weighted by Crippen LogP contribution is 2.15. The average Bonchev–Trinajstić information content (AvgIpc) is 2.56. The van der Waals surface area contributed by atoms with Gasteiger partial charge in [0.25, 0.3) is 0 Å². The molecule has 0 saturated heterocycles. The van der Waals surface area contributed by atoms with Crippen molar-refractivity contribution in [2.75, 3.05) is 5.73 Å². The van der Waals surface area contributed by atoms with E-state index in [-0.39, 0.29) is 0 Å². The summed E-state index contributed by atoms with van der Waals surface area (Å²) in [5.74, 6) is 0.517. The topological polar surface area (TPSA) is 56.2 Å². The van der Waals surface area contributed by atoms with Crippen LogP contribution >= 0.6 is 0 Å². The molecule has 68 valence electrons. The van der Waals surface area contributed by atoms with E-state index < -0.39 is 0 Å². The molecule has 0 aliphatic carbocycles. The predicted molar refractivity (Wildman–Crippen MR) is 54.9 cm³/mol. The van der Waals surface area contributed by atoms with Crippen molar-refractivity contribution >= 4 is 22.6 Å². The number of hydrogen-bond acceptors (Lipinski definition) is 3.